The second kappa shape index (κ2) is 7.79. The van der Waals surface area contributed by atoms with Crippen LogP contribution in [0, 0.1) is 0 Å². The Balaban J connectivity index is 2.59. The Kier molecular flexibility index (Phi) is 6.38. The Morgan fingerprint density at radius 2 is 2.00 bits per heavy atom. The standard InChI is InChI=1S/C12H20N2O7/c1-7-4-14(5-8(6-15)21-7)12(20)13-9(11(18)19)2-3-10(16)17/h7-9,15H,2-6H2,1H3,(H,13,20)(H,16,17)(H,18,19)/t7?,8?,9-/m0/s1. The summed E-state index contributed by atoms with van der Waals surface area (Å²) in [6.45, 7) is 1.92. The second-order valence-electron chi connectivity index (χ2n) is 4.93. The zero-order chi connectivity index (χ0) is 16.0. The van der Waals surface area contributed by atoms with Crippen LogP contribution in [0.5, 0.6) is 0 Å². The van der Waals surface area contributed by atoms with Gasteiger partial charge in [-0.15, -0.1) is 0 Å². The van der Waals surface area contributed by atoms with Crippen molar-refractivity contribution in [2.24, 2.45) is 0 Å². The van der Waals surface area contributed by atoms with Gasteiger partial charge in [-0.05, 0) is 13.3 Å². The van der Waals surface area contributed by atoms with Crippen LogP contribution in [0.15, 0.2) is 0 Å². The van der Waals surface area contributed by atoms with Gasteiger partial charge in [0, 0.05) is 13.0 Å². The van der Waals surface area contributed by atoms with E-state index < -0.39 is 30.1 Å². The van der Waals surface area contributed by atoms with E-state index in [1.807, 2.05) is 0 Å². The number of aliphatic hydroxyl groups excluding tert-OH is 1. The van der Waals surface area contributed by atoms with Gasteiger partial charge in [0.25, 0.3) is 0 Å². The third-order valence-electron chi connectivity index (χ3n) is 3.06. The van der Waals surface area contributed by atoms with Crippen LogP contribution in [0.2, 0.25) is 0 Å². The van der Waals surface area contributed by atoms with Crippen LogP contribution >= 0.6 is 0 Å². The van der Waals surface area contributed by atoms with Gasteiger partial charge in [0.2, 0.25) is 0 Å². The summed E-state index contributed by atoms with van der Waals surface area (Å²) in [7, 11) is 0. The number of carbonyl (C=O) groups is 3. The monoisotopic (exact) mass is 304 g/mol. The number of rotatable bonds is 6. The van der Waals surface area contributed by atoms with E-state index in [1.54, 1.807) is 6.92 Å². The van der Waals surface area contributed by atoms with Crippen molar-refractivity contribution in [1.82, 2.24) is 10.2 Å². The summed E-state index contributed by atoms with van der Waals surface area (Å²) in [5.74, 6) is -2.42. The Labute approximate surface area is 121 Å². The van der Waals surface area contributed by atoms with Crippen molar-refractivity contribution in [3.05, 3.63) is 0 Å². The lowest BCUT2D eigenvalue weighted by Crippen LogP contribution is -2.55. The molecule has 1 rings (SSSR count). The van der Waals surface area contributed by atoms with E-state index in [0.717, 1.165) is 0 Å². The molecular formula is C12H20N2O7. The molecule has 0 saturated carbocycles. The fourth-order valence-corrected chi connectivity index (χ4v) is 2.08. The number of aliphatic hydroxyl groups is 1. The minimum Gasteiger partial charge on any atom is -0.481 e. The molecule has 0 aromatic rings. The van der Waals surface area contributed by atoms with Gasteiger partial charge in [-0.2, -0.15) is 0 Å². The topological polar surface area (TPSA) is 136 Å². The van der Waals surface area contributed by atoms with E-state index in [1.165, 1.54) is 4.90 Å². The highest BCUT2D eigenvalue weighted by Gasteiger charge is 2.30. The van der Waals surface area contributed by atoms with Gasteiger partial charge in [-0.1, -0.05) is 0 Å². The van der Waals surface area contributed by atoms with Gasteiger partial charge in [0.1, 0.15) is 6.04 Å². The Morgan fingerprint density at radius 1 is 1.33 bits per heavy atom. The molecule has 1 fully saturated rings. The van der Waals surface area contributed by atoms with E-state index in [0.29, 0.717) is 0 Å². The lowest BCUT2D eigenvalue weighted by molar-refractivity contribution is -0.140. The summed E-state index contributed by atoms with van der Waals surface area (Å²) in [6, 6.07) is -1.87. The molecule has 4 N–H and O–H groups in total. The first-order chi connectivity index (χ1) is 9.83. The molecule has 0 spiro atoms. The van der Waals surface area contributed by atoms with Gasteiger partial charge in [0.15, 0.2) is 0 Å². The number of hydrogen-bond donors (Lipinski definition) is 4. The summed E-state index contributed by atoms with van der Waals surface area (Å²) in [6.07, 6.45) is -1.33. The fourth-order valence-electron chi connectivity index (χ4n) is 2.08. The summed E-state index contributed by atoms with van der Waals surface area (Å²) in [4.78, 5) is 34.9. The number of nitrogens with zero attached hydrogens (tertiary/aromatic N) is 1. The number of carboxylic acid groups (broad SMARTS) is 2. The van der Waals surface area contributed by atoms with Gasteiger partial charge in [-0.25, -0.2) is 9.59 Å². The first-order valence-electron chi connectivity index (χ1n) is 6.59. The predicted octanol–water partition coefficient (Wildman–Crippen LogP) is -0.904. The highest BCUT2D eigenvalue weighted by Crippen LogP contribution is 2.11. The van der Waals surface area contributed by atoms with Crippen LogP contribution in [0.1, 0.15) is 19.8 Å². The Bertz CT molecular complexity index is 401. The van der Waals surface area contributed by atoms with Gasteiger partial charge >= 0.3 is 18.0 Å². The maximum Gasteiger partial charge on any atom is 0.326 e. The molecule has 0 bridgehead atoms. The van der Waals surface area contributed by atoms with Crippen LogP contribution < -0.4 is 5.32 Å². The highest BCUT2D eigenvalue weighted by atomic mass is 16.5. The number of carbonyl (C=O) groups excluding carboxylic acids is 1. The lowest BCUT2D eigenvalue weighted by atomic mass is 10.1. The number of aliphatic carboxylic acids is 2. The van der Waals surface area contributed by atoms with E-state index in [4.69, 9.17) is 20.1 Å². The van der Waals surface area contributed by atoms with Crippen molar-refractivity contribution >= 4 is 18.0 Å². The average molecular weight is 304 g/mol. The number of amides is 2. The predicted molar refractivity (Wildman–Crippen MR) is 69.8 cm³/mol. The summed E-state index contributed by atoms with van der Waals surface area (Å²) >= 11 is 0. The number of hydrogen-bond acceptors (Lipinski definition) is 5. The molecule has 1 aliphatic rings. The molecule has 0 aliphatic carbocycles. The second-order valence-corrected chi connectivity index (χ2v) is 4.93. The number of carboxylic acids is 2. The minimum atomic E-state index is -1.29. The molecule has 0 aromatic heterocycles. The number of nitrogens with one attached hydrogen (secondary N) is 1. The van der Waals surface area contributed by atoms with Gasteiger partial charge in [-0.3, -0.25) is 4.79 Å². The van der Waals surface area contributed by atoms with Crippen molar-refractivity contribution in [2.75, 3.05) is 19.7 Å². The molecule has 3 atom stereocenters. The van der Waals surface area contributed by atoms with Crippen LogP contribution in [0.4, 0.5) is 4.79 Å². The van der Waals surface area contributed by atoms with E-state index in [-0.39, 0.29) is 38.6 Å². The fraction of sp³-hybridized carbons (Fsp3) is 0.750. The molecule has 21 heavy (non-hydrogen) atoms. The molecule has 9 heteroatoms. The summed E-state index contributed by atoms with van der Waals surface area (Å²) in [5.41, 5.74) is 0. The van der Waals surface area contributed by atoms with Crippen LogP contribution in [-0.4, -0.2) is 76.1 Å². The van der Waals surface area contributed by atoms with Crippen molar-refractivity contribution in [3.8, 4) is 0 Å². The molecule has 2 amide bonds. The van der Waals surface area contributed by atoms with Crippen molar-refractivity contribution in [2.45, 2.75) is 38.0 Å². The Morgan fingerprint density at radius 3 is 2.52 bits per heavy atom. The molecule has 1 saturated heterocycles. The minimum absolute atomic E-state index is 0.151. The van der Waals surface area contributed by atoms with E-state index in [2.05, 4.69) is 5.32 Å². The molecule has 9 nitrogen and oxygen atoms in total. The Hall–Kier alpha value is -1.87. The van der Waals surface area contributed by atoms with E-state index >= 15 is 0 Å². The van der Waals surface area contributed by atoms with Gasteiger partial charge < -0.3 is 30.3 Å². The summed E-state index contributed by atoms with van der Waals surface area (Å²) < 4.78 is 5.38. The van der Waals surface area contributed by atoms with E-state index in [9.17, 15) is 14.4 Å². The first-order valence-corrected chi connectivity index (χ1v) is 6.59. The zero-order valence-electron chi connectivity index (χ0n) is 11.7. The van der Waals surface area contributed by atoms with Crippen molar-refractivity contribution in [3.63, 3.8) is 0 Å². The SMILES string of the molecule is CC1CN(C(=O)N[C@@H](CCC(=O)O)C(=O)O)CC(CO)O1. The molecule has 120 valence electrons. The number of morpholine rings is 1. The normalized spacial score (nSPS) is 23.4. The van der Waals surface area contributed by atoms with Crippen LogP contribution in [-0.2, 0) is 14.3 Å². The van der Waals surface area contributed by atoms with Crippen molar-refractivity contribution in [1.29, 1.82) is 0 Å². The number of urea groups is 1. The third-order valence-corrected chi connectivity index (χ3v) is 3.06. The smallest absolute Gasteiger partial charge is 0.326 e. The molecule has 0 aromatic carbocycles. The quantitative estimate of drug-likeness (QED) is 0.499. The maximum absolute atomic E-state index is 12.0. The largest absolute Gasteiger partial charge is 0.481 e. The van der Waals surface area contributed by atoms with Gasteiger partial charge in [0.05, 0.1) is 25.4 Å². The molecule has 1 aliphatic heterocycles. The molecule has 1 heterocycles. The lowest BCUT2D eigenvalue weighted by Gasteiger charge is -2.36. The van der Waals surface area contributed by atoms with Crippen molar-refractivity contribution < 1.29 is 34.4 Å². The van der Waals surface area contributed by atoms with Crippen LogP contribution in [0.25, 0.3) is 0 Å². The molecular weight excluding hydrogens is 284 g/mol. The molecule has 0 radical (unpaired) electrons. The molecule has 2 unspecified atom stereocenters. The number of ether oxygens (including phenoxy) is 1. The zero-order valence-corrected chi connectivity index (χ0v) is 11.7. The average Bonchev–Trinajstić information content (AvgIpc) is 2.41. The highest BCUT2D eigenvalue weighted by molar-refractivity contribution is 5.83. The third kappa shape index (κ3) is 5.56. The van der Waals surface area contributed by atoms with Crippen LogP contribution in [0.3, 0.4) is 0 Å². The maximum atomic E-state index is 12.0. The summed E-state index contributed by atoms with van der Waals surface area (Å²) in [5, 5.41) is 28.9. The first kappa shape index (κ1) is 17.2.